The quantitative estimate of drug-likeness (QED) is 0.746. The summed E-state index contributed by atoms with van der Waals surface area (Å²) in [6.07, 6.45) is 1.71. The van der Waals surface area contributed by atoms with E-state index in [-0.39, 0.29) is 5.91 Å². The number of oxazole rings is 1. The second kappa shape index (κ2) is 7.42. The van der Waals surface area contributed by atoms with E-state index in [1.807, 2.05) is 48.8 Å². The fraction of sp³-hybridized carbons (Fsp3) is 0.222. The van der Waals surface area contributed by atoms with Crippen molar-refractivity contribution in [2.45, 2.75) is 13.1 Å². The summed E-state index contributed by atoms with van der Waals surface area (Å²) in [5.41, 5.74) is 2.72. The zero-order chi connectivity index (χ0) is 16.9. The lowest BCUT2D eigenvalue weighted by Gasteiger charge is -2.15. The predicted molar refractivity (Wildman–Crippen MR) is 94.8 cm³/mol. The molecule has 124 valence electrons. The molecule has 2 heterocycles. The van der Waals surface area contributed by atoms with Crippen molar-refractivity contribution in [3.63, 3.8) is 0 Å². The molecule has 2 aromatic heterocycles. The van der Waals surface area contributed by atoms with Crippen LogP contribution in [0.25, 0.3) is 10.8 Å². The first-order valence-electron chi connectivity index (χ1n) is 7.63. The van der Waals surface area contributed by atoms with Crippen LogP contribution < -0.4 is 5.32 Å². The Bertz CT molecular complexity index is 794. The van der Waals surface area contributed by atoms with Gasteiger partial charge in [-0.3, -0.25) is 9.69 Å². The molecular formula is C18H19N3O2S. The number of thiophene rings is 1. The van der Waals surface area contributed by atoms with E-state index in [0.717, 1.165) is 22.7 Å². The summed E-state index contributed by atoms with van der Waals surface area (Å²) in [5, 5.41) is 4.63. The number of rotatable bonds is 6. The van der Waals surface area contributed by atoms with Gasteiger partial charge in [0, 0.05) is 25.7 Å². The maximum atomic E-state index is 11.5. The lowest BCUT2D eigenvalue weighted by atomic mass is 10.1. The summed E-state index contributed by atoms with van der Waals surface area (Å²) in [4.78, 5) is 19.3. The van der Waals surface area contributed by atoms with Crippen LogP contribution in [0.4, 0.5) is 0 Å². The minimum absolute atomic E-state index is 0.0707. The van der Waals surface area contributed by atoms with Crippen molar-refractivity contribution in [2.24, 2.45) is 0 Å². The number of carbonyl (C=O) groups excluding carboxylic acids is 1. The van der Waals surface area contributed by atoms with E-state index in [4.69, 9.17) is 4.42 Å². The van der Waals surface area contributed by atoms with Crippen molar-refractivity contribution < 1.29 is 9.21 Å². The average molecular weight is 341 g/mol. The first kappa shape index (κ1) is 16.4. The van der Waals surface area contributed by atoms with Gasteiger partial charge in [0.05, 0.1) is 10.6 Å². The fourth-order valence-electron chi connectivity index (χ4n) is 2.44. The van der Waals surface area contributed by atoms with E-state index in [1.165, 1.54) is 0 Å². The lowest BCUT2D eigenvalue weighted by molar-refractivity contribution is 0.0963. The molecule has 0 saturated carbocycles. The highest BCUT2D eigenvalue weighted by atomic mass is 32.1. The summed E-state index contributed by atoms with van der Waals surface area (Å²) in [6.45, 7) is 1.47. The highest BCUT2D eigenvalue weighted by Crippen LogP contribution is 2.24. The average Bonchev–Trinajstić information content (AvgIpc) is 3.26. The van der Waals surface area contributed by atoms with E-state index in [0.29, 0.717) is 18.0 Å². The fourth-order valence-corrected chi connectivity index (χ4v) is 3.10. The molecule has 6 heteroatoms. The normalized spacial score (nSPS) is 11.0. The molecule has 3 rings (SSSR count). The number of amides is 1. The minimum Gasteiger partial charge on any atom is -0.444 e. The number of carbonyl (C=O) groups is 1. The van der Waals surface area contributed by atoms with Crippen LogP contribution in [0, 0.1) is 0 Å². The van der Waals surface area contributed by atoms with Gasteiger partial charge in [-0.15, -0.1) is 11.3 Å². The van der Waals surface area contributed by atoms with Gasteiger partial charge in [0.25, 0.3) is 5.91 Å². The molecule has 1 amide bonds. The molecule has 0 spiro atoms. The third-order valence-electron chi connectivity index (χ3n) is 3.61. The number of nitrogens with zero attached hydrogens (tertiary/aromatic N) is 2. The summed E-state index contributed by atoms with van der Waals surface area (Å²) in [7, 11) is 3.67. The number of benzene rings is 1. The number of aromatic nitrogens is 1. The van der Waals surface area contributed by atoms with Gasteiger partial charge in [0.1, 0.15) is 6.26 Å². The van der Waals surface area contributed by atoms with Gasteiger partial charge < -0.3 is 9.73 Å². The lowest BCUT2D eigenvalue weighted by Crippen LogP contribution is -2.19. The molecule has 0 radical (unpaired) electrons. The van der Waals surface area contributed by atoms with Crippen molar-refractivity contribution in [1.29, 1.82) is 0 Å². The SMILES string of the molecule is CNC(=O)c1ccc(CN(C)Cc2coc(-c3cccs3)n2)cc1. The largest absolute Gasteiger partial charge is 0.444 e. The van der Waals surface area contributed by atoms with E-state index in [9.17, 15) is 4.79 Å². The molecule has 0 fully saturated rings. The molecule has 1 N–H and O–H groups in total. The third-order valence-corrected chi connectivity index (χ3v) is 4.47. The second-order valence-electron chi connectivity index (χ2n) is 5.57. The summed E-state index contributed by atoms with van der Waals surface area (Å²) in [6, 6.07) is 11.6. The van der Waals surface area contributed by atoms with E-state index >= 15 is 0 Å². The smallest absolute Gasteiger partial charge is 0.251 e. The van der Waals surface area contributed by atoms with Gasteiger partial charge in [-0.05, 0) is 36.2 Å². The van der Waals surface area contributed by atoms with E-state index in [2.05, 4.69) is 15.2 Å². The molecule has 1 aromatic carbocycles. The molecular weight excluding hydrogens is 322 g/mol. The third kappa shape index (κ3) is 3.90. The first-order valence-corrected chi connectivity index (χ1v) is 8.51. The van der Waals surface area contributed by atoms with Crippen LogP contribution in [0.2, 0.25) is 0 Å². The van der Waals surface area contributed by atoms with Crippen LogP contribution in [0.15, 0.2) is 52.5 Å². The molecule has 24 heavy (non-hydrogen) atoms. The Labute approximate surface area is 144 Å². The topological polar surface area (TPSA) is 58.4 Å². The molecule has 0 aliphatic carbocycles. The Morgan fingerprint density at radius 2 is 2.04 bits per heavy atom. The molecule has 3 aromatic rings. The highest BCUT2D eigenvalue weighted by Gasteiger charge is 2.10. The van der Waals surface area contributed by atoms with Gasteiger partial charge in [-0.25, -0.2) is 4.98 Å². The Balaban J connectivity index is 1.59. The summed E-state index contributed by atoms with van der Waals surface area (Å²) in [5.74, 6) is 0.599. The van der Waals surface area contributed by atoms with Gasteiger partial charge in [-0.2, -0.15) is 0 Å². The number of hydrogen-bond donors (Lipinski definition) is 1. The van der Waals surface area contributed by atoms with Crippen LogP contribution in [0.1, 0.15) is 21.6 Å². The van der Waals surface area contributed by atoms with Gasteiger partial charge in [-0.1, -0.05) is 18.2 Å². The first-order chi connectivity index (χ1) is 11.7. The Morgan fingerprint density at radius 3 is 2.71 bits per heavy atom. The number of hydrogen-bond acceptors (Lipinski definition) is 5. The van der Waals surface area contributed by atoms with E-state index in [1.54, 1.807) is 24.6 Å². The Morgan fingerprint density at radius 1 is 1.25 bits per heavy atom. The molecule has 5 nitrogen and oxygen atoms in total. The van der Waals surface area contributed by atoms with Crippen molar-refractivity contribution in [3.05, 3.63) is 64.9 Å². The molecule has 0 atom stereocenters. The van der Waals surface area contributed by atoms with Crippen molar-refractivity contribution >= 4 is 17.2 Å². The van der Waals surface area contributed by atoms with Crippen LogP contribution in [-0.2, 0) is 13.1 Å². The standard InChI is InChI=1S/C18H19N3O2S/c1-19-17(22)14-7-5-13(6-8-14)10-21(2)11-15-12-23-18(20-15)16-4-3-9-24-16/h3-9,12H,10-11H2,1-2H3,(H,19,22). The maximum Gasteiger partial charge on any atom is 0.251 e. The highest BCUT2D eigenvalue weighted by molar-refractivity contribution is 7.13. The Hall–Kier alpha value is -2.44. The second-order valence-corrected chi connectivity index (χ2v) is 6.52. The molecule has 0 aliphatic rings. The minimum atomic E-state index is -0.0707. The van der Waals surface area contributed by atoms with Crippen molar-refractivity contribution in [1.82, 2.24) is 15.2 Å². The van der Waals surface area contributed by atoms with Crippen LogP contribution >= 0.6 is 11.3 Å². The van der Waals surface area contributed by atoms with Crippen LogP contribution in [0.3, 0.4) is 0 Å². The van der Waals surface area contributed by atoms with Gasteiger partial charge >= 0.3 is 0 Å². The van der Waals surface area contributed by atoms with Crippen LogP contribution in [0.5, 0.6) is 0 Å². The van der Waals surface area contributed by atoms with Gasteiger partial charge in [0.15, 0.2) is 0 Å². The van der Waals surface area contributed by atoms with Crippen molar-refractivity contribution in [3.8, 4) is 10.8 Å². The van der Waals surface area contributed by atoms with Gasteiger partial charge in [0.2, 0.25) is 5.89 Å². The predicted octanol–water partition coefficient (Wildman–Crippen LogP) is 3.39. The maximum absolute atomic E-state index is 11.5. The zero-order valence-electron chi connectivity index (χ0n) is 13.7. The molecule has 0 unspecified atom stereocenters. The van der Waals surface area contributed by atoms with Crippen molar-refractivity contribution in [2.75, 3.05) is 14.1 Å². The monoisotopic (exact) mass is 341 g/mol. The summed E-state index contributed by atoms with van der Waals surface area (Å²) < 4.78 is 5.54. The van der Waals surface area contributed by atoms with Crippen LogP contribution in [-0.4, -0.2) is 29.9 Å². The molecule has 0 bridgehead atoms. The Kier molecular flexibility index (Phi) is 5.08. The van der Waals surface area contributed by atoms with E-state index < -0.39 is 0 Å². The molecule has 0 saturated heterocycles. The zero-order valence-corrected chi connectivity index (χ0v) is 14.5. The summed E-state index contributed by atoms with van der Waals surface area (Å²) >= 11 is 1.61. The number of nitrogens with one attached hydrogen (secondary N) is 1. The molecule has 0 aliphatic heterocycles.